The van der Waals surface area contributed by atoms with E-state index in [1.165, 1.54) is 11.3 Å². The van der Waals surface area contributed by atoms with Gasteiger partial charge in [-0.05, 0) is 6.07 Å². The lowest BCUT2D eigenvalue weighted by molar-refractivity contribution is 0.272. The number of hydrogen-bond donors (Lipinski definition) is 1. The van der Waals surface area contributed by atoms with E-state index < -0.39 is 0 Å². The fraction of sp³-hybridized carbons (Fsp3) is 0.500. The van der Waals surface area contributed by atoms with Crippen molar-refractivity contribution in [1.29, 1.82) is 0 Å². The smallest absolute Gasteiger partial charge is 0.225 e. The van der Waals surface area contributed by atoms with Crippen LogP contribution < -0.4 is 10.6 Å². The highest BCUT2D eigenvalue weighted by Gasteiger charge is 2.18. The van der Waals surface area contributed by atoms with Crippen LogP contribution in [0.15, 0.2) is 22.8 Å². The summed E-state index contributed by atoms with van der Waals surface area (Å²) in [4.78, 5) is 13.3. The van der Waals surface area contributed by atoms with Crippen LogP contribution in [0.1, 0.15) is 0 Å². The fourth-order valence-corrected chi connectivity index (χ4v) is 3.87. The topological polar surface area (TPSA) is 84.1 Å². The van der Waals surface area contributed by atoms with Gasteiger partial charge in [-0.15, -0.1) is 35.0 Å². The molecule has 0 bridgehead atoms. The number of nitrogens with zero attached hydrogens (tertiary/aromatic N) is 6. The minimum atomic E-state index is 0. The van der Waals surface area contributed by atoms with Gasteiger partial charge in [-0.3, -0.25) is 4.90 Å². The highest BCUT2D eigenvalue weighted by molar-refractivity contribution is 8.01. The summed E-state index contributed by atoms with van der Waals surface area (Å²) < 4.78 is 0.948. The monoisotopic (exact) mass is 395 g/mol. The zero-order valence-corrected chi connectivity index (χ0v) is 15.6. The summed E-state index contributed by atoms with van der Waals surface area (Å²) in [5, 5.41) is 8.37. The second-order valence-electron chi connectivity index (χ2n) is 4.63. The van der Waals surface area contributed by atoms with E-state index in [0.29, 0.717) is 5.13 Å². The van der Waals surface area contributed by atoms with Gasteiger partial charge < -0.3 is 10.6 Å². The number of nitrogens with two attached hydrogens (primary N) is 1. The number of aromatic nitrogens is 4. The predicted molar refractivity (Wildman–Crippen MR) is 100 cm³/mol. The van der Waals surface area contributed by atoms with Crippen LogP contribution in [-0.4, -0.2) is 63.5 Å². The minimum absolute atomic E-state index is 0. The molecule has 3 rings (SSSR count). The van der Waals surface area contributed by atoms with Crippen molar-refractivity contribution in [3.8, 4) is 0 Å². The average molecular weight is 396 g/mol. The van der Waals surface area contributed by atoms with E-state index in [0.717, 1.165) is 48.8 Å². The summed E-state index contributed by atoms with van der Waals surface area (Å²) >= 11 is 3.16. The molecule has 1 aliphatic rings. The van der Waals surface area contributed by atoms with Crippen molar-refractivity contribution in [2.45, 2.75) is 4.34 Å². The van der Waals surface area contributed by atoms with E-state index in [-0.39, 0.29) is 24.8 Å². The van der Waals surface area contributed by atoms with Gasteiger partial charge in [0.25, 0.3) is 0 Å². The molecular weight excluding hydrogens is 377 g/mol. The SMILES string of the molecule is Cl.Cl.Nc1nnc(SCCN2CCN(c3ncccn3)CC2)s1. The molecule has 0 atom stereocenters. The molecule has 2 aromatic heterocycles. The maximum atomic E-state index is 5.57. The van der Waals surface area contributed by atoms with Crippen LogP contribution in [0.25, 0.3) is 0 Å². The highest BCUT2D eigenvalue weighted by Crippen LogP contribution is 2.23. The van der Waals surface area contributed by atoms with Crippen LogP contribution in [0.3, 0.4) is 0 Å². The number of nitrogen functional groups attached to an aromatic ring is 1. The molecule has 3 heterocycles. The Kier molecular flexibility index (Phi) is 8.85. The van der Waals surface area contributed by atoms with Crippen LogP contribution in [-0.2, 0) is 0 Å². The molecular formula is C12H19Cl2N7S2. The zero-order chi connectivity index (χ0) is 14.5. The third kappa shape index (κ3) is 5.92. The Balaban J connectivity index is 0.00000132. The van der Waals surface area contributed by atoms with E-state index >= 15 is 0 Å². The largest absolute Gasteiger partial charge is 0.374 e. The first-order valence-electron chi connectivity index (χ1n) is 6.77. The summed E-state index contributed by atoms with van der Waals surface area (Å²) in [6.45, 7) is 5.07. The van der Waals surface area contributed by atoms with E-state index in [1.807, 2.05) is 6.07 Å². The molecule has 0 aliphatic carbocycles. The molecule has 0 spiro atoms. The normalized spacial score (nSPS) is 14.9. The molecule has 1 fully saturated rings. The molecule has 0 saturated carbocycles. The van der Waals surface area contributed by atoms with Crippen molar-refractivity contribution in [3.05, 3.63) is 18.5 Å². The molecule has 2 N–H and O–H groups in total. The molecule has 0 radical (unpaired) electrons. The Labute approximate surface area is 155 Å². The van der Waals surface area contributed by atoms with Gasteiger partial charge >= 0.3 is 0 Å². The van der Waals surface area contributed by atoms with Gasteiger partial charge in [0.05, 0.1) is 0 Å². The van der Waals surface area contributed by atoms with Crippen molar-refractivity contribution >= 4 is 59.0 Å². The number of halogens is 2. The lowest BCUT2D eigenvalue weighted by Gasteiger charge is -2.34. The first-order valence-corrected chi connectivity index (χ1v) is 8.57. The Morgan fingerprint density at radius 2 is 1.78 bits per heavy atom. The first-order chi connectivity index (χ1) is 10.3. The first kappa shape index (κ1) is 20.2. The third-order valence-electron chi connectivity index (χ3n) is 3.26. The second-order valence-corrected chi connectivity index (χ2v) is 6.98. The maximum Gasteiger partial charge on any atom is 0.225 e. The van der Waals surface area contributed by atoms with E-state index in [2.05, 4.69) is 30.0 Å². The Bertz CT molecular complexity index is 564. The lowest BCUT2D eigenvalue weighted by atomic mass is 10.3. The van der Waals surface area contributed by atoms with Crippen LogP contribution in [0.2, 0.25) is 0 Å². The molecule has 0 aromatic carbocycles. The number of hydrogen-bond acceptors (Lipinski definition) is 9. The number of thioether (sulfide) groups is 1. The molecule has 0 unspecified atom stereocenters. The van der Waals surface area contributed by atoms with E-state index in [1.54, 1.807) is 24.2 Å². The van der Waals surface area contributed by atoms with Crippen LogP contribution in [0, 0.1) is 0 Å². The molecule has 128 valence electrons. The minimum Gasteiger partial charge on any atom is -0.374 e. The number of piperazine rings is 1. The van der Waals surface area contributed by atoms with Gasteiger partial charge in [0.15, 0.2) is 4.34 Å². The van der Waals surface area contributed by atoms with Crippen molar-refractivity contribution in [1.82, 2.24) is 25.1 Å². The number of anilines is 2. The zero-order valence-electron chi connectivity index (χ0n) is 12.4. The Morgan fingerprint density at radius 3 is 2.39 bits per heavy atom. The van der Waals surface area contributed by atoms with E-state index in [9.17, 15) is 0 Å². The summed E-state index contributed by atoms with van der Waals surface area (Å²) in [5.74, 6) is 1.84. The van der Waals surface area contributed by atoms with Crippen LogP contribution in [0.5, 0.6) is 0 Å². The van der Waals surface area contributed by atoms with Gasteiger partial charge in [-0.1, -0.05) is 23.1 Å². The average Bonchev–Trinajstić information content (AvgIpc) is 2.94. The van der Waals surface area contributed by atoms with Crippen LogP contribution >= 0.6 is 47.9 Å². The van der Waals surface area contributed by atoms with Gasteiger partial charge in [-0.2, -0.15) is 0 Å². The lowest BCUT2D eigenvalue weighted by Crippen LogP contribution is -2.47. The Hall–Kier alpha value is -0.870. The summed E-state index contributed by atoms with van der Waals surface area (Å²) in [6, 6.07) is 1.84. The third-order valence-corrected chi connectivity index (χ3v) is 5.13. The van der Waals surface area contributed by atoms with Crippen molar-refractivity contribution in [2.24, 2.45) is 0 Å². The summed E-state index contributed by atoms with van der Waals surface area (Å²) in [6.07, 6.45) is 3.58. The highest BCUT2D eigenvalue weighted by atomic mass is 35.5. The van der Waals surface area contributed by atoms with Gasteiger partial charge in [0.2, 0.25) is 11.1 Å². The quantitative estimate of drug-likeness (QED) is 0.765. The van der Waals surface area contributed by atoms with Gasteiger partial charge in [0.1, 0.15) is 0 Å². The molecule has 23 heavy (non-hydrogen) atoms. The Morgan fingerprint density at radius 1 is 1.09 bits per heavy atom. The molecule has 0 amide bonds. The van der Waals surface area contributed by atoms with Gasteiger partial charge in [0, 0.05) is 50.9 Å². The molecule has 7 nitrogen and oxygen atoms in total. The van der Waals surface area contributed by atoms with Gasteiger partial charge in [-0.25, -0.2) is 9.97 Å². The molecule has 2 aromatic rings. The van der Waals surface area contributed by atoms with Crippen molar-refractivity contribution in [3.63, 3.8) is 0 Å². The molecule has 1 saturated heterocycles. The fourth-order valence-electron chi connectivity index (χ4n) is 2.17. The summed E-state index contributed by atoms with van der Waals surface area (Å²) in [7, 11) is 0. The molecule has 11 heteroatoms. The van der Waals surface area contributed by atoms with Crippen molar-refractivity contribution in [2.75, 3.05) is 49.1 Å². The number of rotatable bonds is 5. The standard InChI is InChI=1S/C12H17N7S2.2ClH/c13-10-16-17-12(21-10)20-9-8-18-4-6-19(7-5-18)11-14-2-1-3-15-11;;/h1-3H,4-9H2,(H2,13,16);2*1H. The van der Waals surface area contributed by atoms with Crippen LogP contribution in [0.4, 0.5) is 11.1 Å². The van der Waals surface area contributed by atoms with Crippen molar-refractivity contribution < 1.29 is 0 Å². The summed E-state index contributed by atoms with van der Waals surface area (Å²) in [5.41, 5.74) is 5.57. The molecule has 1 aliphatic heterocycles. The predicted octanol–water partition coefficient (Wildman–Crippen LogP) is 1.67. The second kappa shape index (κ2) is 10.1. The van der Waals surface area contributed by atoms with E-state index in [4.69, 9.17) is 5.73 Å². The maximum absolute atomic E-state index is 5.57.